The number of thioether (sulfide) groups is 1. The maximum absolute atomic E-state index is 13.2. The molecule has 0 atom stereocenters. The molecule has 1 saturated heterocycles. The molecule has 1 aliphatic carbocycles. The molecule has 2 heterocycles. The molecule has 138 valence electrons. The van der Waals surface area contributed by atoms with Crippen molar-refractivity contribution < 1.29 is 13.6 Å². The van der Waals surface area contributed by atoms with Crippen LogP contribution in [0.3, 0.4) is 0 Å². The zero-order valence-electron chi connectivity index (χ0n) is 14.1. The predicted octanol–water partition coefficient (Wildman–Crippen LogP) is 3.22. The molecule has 6 nitrogen and oxygen atoms in total. The van der Waals surface area contributed by atoms with E-state index in [0.29, 0.717) is 6.04 Å². The van der Waals surface area contributed by atoms with E-state index in [4.69, 9.17) is 0 Å². The van der Waals surface area contributed by atoms with Crippen LogP contribution >= 0.6 is 11.8 Å². The molecule has 4 rings (SSSR count). The van der Waals surface area contributed by atoms with Gasteiger partial charge in [-0.2, -0.15) is 0 Å². The highest BCUT2D eigenvalue weighted by Crippen LogP contribution is 2.41. The fourth-order valence-electron chi connectivity index (χ4n) is 3.05. The van der Waals surface area contributed by atoms with Gasteiger partial charge in [0.1, 0.15) is 0 Å². The monoisotopic (exact) mass is 379 g/mol. The number of amides is 1. The molecule has 0 bridgehead atoms. The highest BCUT2D eigenvalue weighted by molar-refractivity contribution is 7.99. The van der Waals surface area contributed by atoms with E-state index in [0.717, 1.165) is 62.0 Å². The van der Waals surface area contributed by atoms with Gasteiger partial charge in [-0.05, 0) is 37.8 Å². The Morgan fingerprint density at radius 1 is 1.19 bits per heavy atom. The van der Waals surface area contributed by atoms with E-state index in [1.807, 2.05) is 0 Å². The molecule has 2 aromatic rings. The van der Waals surface area contributed by atoms with E-state index in [1.165, 1.54) is 17.8 Å². The number of halogens is 2. The number of carbonyl (C=O) groups excluding carboxylic acids is 1. The van der Waals surface area contributed by atoms with E-state index in [2.05, 4.69) is 25.0 Å². The number of aromatic nitrogens is 3. The number of anilines is 2. The molecule has 1 amide bonds. The summed E-state index contributed by atoms with van der Waals surface area (Å²) in [5, 5.41) is 11.9. The molecule has 1 N–H and O–H groups in total. The third-order valence-electron chi connectivity index (χ3n) is 4.48. The molecule has 0 unspecified atom stereocenters. The van der Waals surface area contributed by atoms with Gasteiger partial charge in [0.05, 0.1) is 5.75 Å². The van der Waals surface area contributed by atoms with Crippen LogP contribution in [0, 0.1) is 11.6 Å². The number of benzene rings is 1. The Bertz CT molecular complexity index is 817. The summed E-state index contributed by atoms with van der Waals surface area (Å²) >= 11 is 1.31. The molecule has 0 spiro atoms. The van der Waals surface area contributed by atoms with Crippen LogP contribution in [0.4, 0.5) is 20.4 Å². The molecule has 1 saturated carbocycles. The highest BCUT2D eigenvalue weighted by Gasteiger charge is 2.32. The van der Waals surface area contributed by atoms with Crippen LogP contribution in [-0.2, 0) is 4.79 Å². The second-order valence-electron chi connectivity index (χ2n) is 6.54. The largest absolute Gasteiger partial charge is 0.341 e. The Kier molecular flexibility index (Phi) is 4.80. The highest BCUT2D eigenvalue weighted by atomic mass is 32.2. The Morgan fingerprint density at radius 2 is 1.96 bits per heavy atom. The Morgan fingerprint density at radius 3 is 2.65 bits per heavy atom. The van der Waals surface area contributed by atoms with Gasteiger partial charge in [0, 0.05) is 30.9 Å². The van der Waals surface area contributed by atoms with E-state index < -0.39 is 11.6 Å². The molecule has 1 aromatic carbocycles. The van der Waals surface area contributed by atoms with Crippen LogP contribution in [0.2, 0.25) is 0 Å². The standard InChI is InChI=1S/C17H19F2N5OS/c18-13-6-3-11(9-14(13)19)20-15(25)10-26-17-22-21-16(23-7-1-2-8-23)24(17)12-4-5-12/h3,6,9,12H,1-2,4-5,7-8,10H2,(H,20,25). The Hall–Kier alpha value is -2.16. The molecule has 0 radical (unpaired) electrons. The molecule has 1 aliphatic heterocycles. The normalized spacial score (nSPS) is 16.9. The summed E-state index contributed by atoms with van der Waals surface area (Å²) in [6, 6.07) is 3.71. The average molecular weight is 379 g/mol. The fourth-order valence-corrected chi connectivity index (χ4v) is 3.85. The van der Waals surface area contributed by atoms with Crippen LogP contribution in [-0.4, -0.2) is 39.5 Å². The van der Waals surface area contributed by atoms with Crippen LogP contribution < -0.4 is 10.2 Å². The minimum atomic E-state index is -0.987. The number of hydrogen-bond donors (Lipinski definition) is 1. The van der Waals surface area contributed by atoms with Crippen molar-refractivity contribution in [2.24, 2.45) is 0 Å². The lowest BCUT2D eigenvalue weighted by Gasteiger charge is -2.17. The summed E-state index contributed by atoms with van der Waals surface area (Å²) in [6.07, 6.45) is 4.54. The number of nitrogens with zero attached hydrogens (tertiary/aromatic N) is 4. The van der Waals surface area contributed by atoms with Crippen LogP contribution in [0.15, 0.2) is 23.4 Å². The van der Waals surface area contributed by atoms with Crippen LogP contribution in [0.1, 0.15) is 31.7 Å². The third-order valence-corrected chi connectivity index (χ3v) is 5.43. The zero-order chi connectivity index (χ0) is 18.1. The smallest absolute Gasteiger partial charge is 0.234 e. The molecule has 9 heteroatoms. The van der Waals surface area contributed by atoms with Crippen molar-refractivity contribution in [2.45, 2.75) is 36.9 Å². The van der Waals surface area contributed by atoms with Gasteiger partial charge in [-0.25, -0.2) is 8.78 Å². The molecule has 26 heavy (non-hydrogen) atoms. The Balaban J connectivity index is 1.41. The van der Waals surface area contributed by atoms with Crippen molar-refractivity contribution in [3.8, 4) is 0 Å². The van der Waals surface area contributed by atoms with Crippen molar-refractivity contribution in [3.63, 3.8) is 0 Å². The first-order chi connectivity index (χ1) is 12.6. The second-order valence-corrected chi connectivity index (χ2v) is 7.49. The van der Waals surface area contributed by atoms with E-state index in [9.17, 15) is 13.6 Å². The molecule has 1 aromatic heterocycles. The van der Waals surface area contributed by atoms with Gasteiger partial charge in [0.25, 0.3) is 0 Å². The number of nitrogens with one attached hydrogen (secondary N) is 1. The van der Waals surface area contributed by atoms with Crippen LogP contribution in [0.25, 0.3) is 0 Å². The van der Waals surface area contributed by atoms with Gasteiger partial charge in [0.15, 0.2) is 16.8 Å². The number of carbonyl (C=O) groups is 1. The van der Waals surface area contributed by atoms with Crippen molar-refractivity contribution in [2.75, 3.05) is 29.1 Å². The van der Waals surface area contributed by atoms with Crippen molar-refractivity contribution in [1.29, 1.82) is 0 Å². The summed E-state index contributed by atoms with van der Waals surface area (Å²) in [6.45, 7) is 1.98. The minimum absolute atomic E-state index is 0.129. The second kappa shape index (κ2) is 7.22. The van der Waals surface area contributed by atoms with Gasteiger partial charge in [-0.1, -0.05) is 11.8 Å². The molecular formula is C17H19F2N5OS. The predicted molar refractivity (Wildman–Crippen MR) is 95.5 cm³/mol. The first-order valence-corrected chi connectivity index (χ1v) is 9.68. The maximum Gasteiger partial charge on any atom is 0.234 e. The third kappa shape index (κ3) is 3.67. The summed E-state index contributed by atoms with van der Waals surface area (Å²) < 4.78 is 28.3. The molecule has 2 aliphatic rings. The van der Waals surface area contributed by atoms with E-state index >= 15 is 0 Å². The number of rotatable bonds is 6. The zero-order valence-corrected chi connectivity index (χ0v) is 14.9. The van der Waals surface area contributed by atoms with Gasteiger partial charge in [-0.15, -0.1) is 10.2 Å². The lowest BCUT2D eigenvalue weighted by molar-refractivity contribution is -0.113. The van der Waals surface area contributed by atoms with Gasteiger partial charge in [0.2, 0.25) is 11.9 Å². The SMILES string of the molecule is O=C(CSc1nnc(N2CCCC2)n1C1CC1)Nc1ccc(F)c(F)c1. The summed E-state index contributed by atoms with van der Waals surface area (Å²) in [7, 11) is 0. The van der Waals surface area contributed by atoms with E-state index in [1.54, 1.807) is 0 Å². The maximum atomic E-state index is 13.2. The quantitative estimate of drug-likeness (QED) is 0.781. The fraction of sp³-hybridized carbons (Fsp3) is 0.471. The lowest BCUT2D eigenvalue weighted by Crippen LogP contribution is -2.22. The Labute approximate surface area is 154 Å². The summed E-state index contributed by atoms with van der Waals surface area (Å²) in [5.74, 6) is -1.20. The summed E-state index contributed by atoms with van der Waals surface area (Å²) in [5.41, 5.74) is 0.232. The van der Waals surface area contributed by atoms with Gasteiger partial charge < -0.3 is 10.2 Å². The lowest BCUT2D eigenvalue weighted by atomic mass is 10.3. The van der Waals surface area contributed by atoms with Crippen molar-refractivity contribution in [1.82, 2.24) is 14.8 Å². The van der Waals surface area contributed by atoms with Gasteiger partial charge >= 0.3 is 0 Å². The van der Waals surface area contributed by atoms with Gasteiger partial charge in [-0.3, -0.25) is 9.36 Å². The molecular weight excluding hydrogens is 360 g/mol. The average Bonchev–Trinajstić information content (AvgIpc) is 3.15. The van der Waals surface area contributed by atoms with E-state index in [-0.39, 0.29) is 17.3 Å². The van der Waals surface area contributed by atoms with Crippen LogP contribution in [0.5, 0.6) is 0 Å². The number of hydrogen-bond acceptors (Lipinski definition) is 5. The summed E-state index contributed by atoms with van der Waals surface area (Å²) in [4.78, 5) is 14.4. The molecule has 2 fully saturated rings. The topological polar surface area (TPSA) is 63.1 Å². The van der Waals surface area contributed by atoms with Crippen molar-refractivity contribution >= 4 is 29.3 Å². The minimum Gasteiger partial charge on any atom is -0.341 e. The van der Waals surface area contributed by atoms with Crippen molar-refractivity contribution in [3.05, 3.63) is 29.8 Å². The first-order valence-electron chi connectivity index (χ1n) is 8.69. The first kappa shape index (κ1) is 17.3.